The third-order valence-electron chi connectivity index (χ3n) is 3.14. The van der Waals surface area contributed by atoms with Crippen LogP contribution in [0, 0.1) is 11.6 Å². The van der Waals surface area contributed by atoms with Crippen molar-refractivity contribution in [3.8, 4) is 0 Å². The highest BCUT2D eigenvalue weighted by Crippen LogP contribution is 2.21. The monoisotopic (exact) mass is 265 g/mol. The molecule has 1 N–H and O–H groups in total. The minimum Gasteiger partial charge on any atom is -0.313 e. The SMILES string of the molecule is CCn1cc(CC(NC)c2ccc(F)cc2F)cn1. The number of rotatable bonds is 5. The molecule has 5 heteroatoms. The first-order valence-electron chi connectivity index (χ1n) is 6.27. The van der Waals surface area contributed by atoms with Crippen LogP contribution in [-0.4, -0.2) is 16.8 Å². The summed E-state index contributed by atoms with van der Waals surface area (Å²) in [6.07, 6.45) is 4.32. The second kappa shape index (κ2) is 5.93. The van der Waals surface area contributed by atoms with Crippen molar-refractivity contribution in [3.63, 3.8) is 0 Å². The van der Waals surface area contributed by atoms with Gasteiger partial charge < -0.3 is 5.32 Å². The Labute approximate surface area is 111 Å². The van der Waals surface area contributed by atoms with Gasteiger partial charge in [0.15, 0.2) is 0 Å². The Morgan fingerprint density at radius 2 is 2.16 bits per heavy atom. The summed E-state index contributed by atoms with van der Waals surface area (Å²) in [5, 5.41) is 7.24. The van der Waals surface area contributed by atoms with Crippen LogP contribution in [0.15, 0.2) is 30.6 Å². The Morgan fingerprint density at radius 1 is 1.37 bits per heavy atom. The zero-order valence-electron chi connectivity index (χ0n) is 11.0. The van der Waals surface area contributed by atoms with Gasteiger partial charge in [-0.2, -0.15) is 5.10 Å². The molecule has 0 aliphatic rings. The lowest BCUT2D eigenvalue weighted by atomic mass is 10.0. The van der Waals surface area contributed by atoms with Gasteiger partial charge in [0.05, 0.1) is 6.20 Å². The van der Waals surface area contributed by atoms with Gasteiger partial charge in [-0.25, -0.2) is 8.78 Å². The molecule has 0 bridgehead atoms. The molecule has 1 heterocycles. The van der Waals surface area contributed by atoms with E-state index in [-0.39, 0.29) is 6.04 Å². The highest BCUT2D eigenvalue weighted by atomic mass is 19.1. The molecule has 0 amide bonds. The van der Waals surface area contributed by atoms with Crippen LogP contribution in [0.3, 0.4) is 0 Å². The Bertz CT molecular complexity index is 551. The van der Waals surface area contributed by atoms with E-state index in [1.807, 2.05) is 17.8 Å². The molecular formula is C14H17F2N3. The number of halogens is 2. The van der Waals surface area contributed by atoms with E-state index in [0.717, 1.165) is 18.2 Å². The topological polar surface area (TPSA) is 29.9 Å². The van der Waals surface area contributed by atoms with E-state index < -0.39 is 11.6 Å². The summed E-state index contributed by atoms with van der Waals surface area (Å²) >= 11 is 0. The summed E-state index contributed by atoms with van der Waals surface area (Å²) in [5.74, 6) is -1.09. The van der Waals surface area contributed by atoms with E-state index in [1.165, 1.54) is 12.1 Å². The smallest absolute Gasteiger partial charge is 0.130 e. The fourth-order valence-electron chi connectivity index (χ4n) is 2.07. The summed E-state index contributed by atoms with van der Waals surface area (Å²) < 4.78 is 28.5. The van der Waals surface area contributed by atoms with Crippen molar-refractivity contribution in [2.45, 2.75) is 25.9 Å². The zero-order valence-corrected chi connectivity index (χ0v) is 11.0. The predicted molar refractivity (Wildman–Crippen MR) is 69.8 cm³/mol. The molecule has 2 aromatic rings. The highest BCUT2D eigenvalue weighted by molar-refractivity contribution is 5.24. The van der Waals surface area contributed by atoms with Crippen LogP contribution in [0.2, 0.25) is 0 Å². The van der Waals surface area contributed by atoms with Crippen LogP contribution >= 0.6 is 0 Å². The normalized spacial score (nSPS) is 12.6. The van der Waals surface area contributed by atoms with Gasteiger partial charge in [-0.05, 0) is 32.0 Å². The van der Waals surface area contributed by atoms with Gasteiger partial charge in [-0.1, -0.05) is 6.07 Å². The highest BCUT2D eigenvalue weighted by Gasteiger charge is 2.16. The van der Waals surface area contributed by atoms with Gasteiger partial charge in [0.25, 0.3) is 0 Å². The Morgan fingerprint density at radius 3 is 2.74 bits per heavy atom. The van der Waals surface area contributed by atoms with Crippen molar-refractivity contribution < 1.29 is 8.78 Å². The third kappa shape index (κ3) is 3.17. The Balaban J connectivity index is 2.19. The molecule has 0 aliphatic heterocycles. The van der Waals surface area contributed by atoms with Gasteiger partial charge in [0.1, 0.15) is 11.6 Å². The number of hydrogen-bond donors (Lipinski definition) is 1. The standard InChI is InChI=1S/C14H17F2N3/c1-3-19-9-10(8-18-19)6-14(17-2)12-5-4-11(15)7-13(12)16/h4-5,7-9,14,17H,3,6H2,1-2H3. The van der Waals surface area contributed by atoms with E-state index in [0.29, 0.717) is 12.0 Å². The second-order valence-electron chi connectivity index (χ2n) is 4.42. The van der Waals surface area contributed by atoms with Crippen LogP contribution in [0.5, 0.6) is 0 Å². The fourth-order valence-corrected chi connectivity index (χ4v) is 2.07. The first-order valence-corrected chi connectivity index (χ1v) is 6.27. The number of aromatic nitrogens is 2. The van der Waals surface area contributed by atoms with Gasteiger partial charge in [0.2, 0.25) is 0 Å². The molecule has 1 aromatic heterocycles. The van der Waals surface area contributed by atoms with Crippen LogP contribution < -0.4 is 5.32 Å². The van der Waals surface area contributed by atoms with Crippen molar-refractivity contribution >= 4 is 0 Å². The van der Waals surface area contributed by atoms with Crippen molar-refractivity contribution in [3.05, 3.63) is 53.4 Å². The Kier molecular flexibility index (Phi) is 4.27. The first kappa shape index (κ1) is 13.7. The maximum Gasteiger partial charge on any atom is 0.130 e. The molecule has 0 saturated heterocycles. The van der Waals surface area contributed by atoms with Gasteiger partial charge in [-0.15, -0.1) is 0 Å². The number of nitrogens with zero attached hydrogens (tertiary/aromatic N) is 2. The quantitative estimate of drug-likeness (QED) is 0.900. The first-order chi connectivity index (χ1) is 9.13. The van der Waals surface area contributed by atoms with Gasteiger partial charge in [0, 0.05) is 30.4 Å². The number of benzene rings is 1. The van der Waals surface area contributed by atoms with Crippen molar-refractivity contribution in [2.24, 2.45) is 0 Å². The zero-order chi connectivity index (χ0) is 13.8. The average Bonchev–Trinajstić information content (AvgIpc) is 2.84. The molecule has 3 nitrogen and oxygen atoms in total. The molecule has 102 valence electrons. The molecule has 2 rings (SSSR count). The summed E-state index contributed by atoms with van der Waals surface area (Å²) in [4.78, 5) is 0. The largest absolute Gasteiger partial charge is 0.313 e. The lowest BCUT2D eigenvalue weighted by molar-refractivity contribution is 0.521. The minimum atomic E-state index is -0.560. The number of aryl methyl sites for hydroxylation is 1. The Hall–Kier alpha value is -1.75. The van der Waals surface area contributed by atoms with Gasteiger partial charge >= 0.3 is 0 Å². The number of likely N-dealkylation sites (N-methyl/N-ethyl adjacent to an activating group) is 1. The summed E-state index contributed by atoms with van der Waals surface area (Å²) in [7, 11) is 1.76. The third-order valence-corrected chi connectivity index (χ3v) is 3.14. The molecule has 0 spiro atoms. The lowest BCUT2D eigenvalue weighted by Gasteiger charge is -2.16. The molecule has 0 radical (unpaired) electrons. The van der Waals surface area contributed by atoms with Crippen LogP contribution in [0.4, 0.5) is 8.78 Å². The van der Waals surface area contributed by atoms with E-state index in [2.05, 4.69) is 10.4 Å². The minimum absolute atomic E-state index is 0.199. The lowest BCUT2D eigenvalue weighted by Crippen LogP contribution is -2.20. The molecule has 1 atom stereocenters. The van der Waals surface area contributed by atoms with E-state index in [4.69, 9.17) is 0 Å². The van der Waals surface area contributed by atoms with Crippen molar-refractivity contribution in [1.82, 2.24) is 15.1 Å². The second-order valence-corrected chi connectivity index (χ2v) is 4.42. The molecule has 0 fully saturated rings. The molecule has 1 aromatic carbocycles. The van der Waals surface area contributed by atoms with Crippen molar-refractivity contribution in [1.29, 1.82) is 0 Å². The van der Waals surface area contributed by atoms with Crippen LogP contribution in [0.1, 0.15) is 24.1 Å². The van der Waals surface area contributed by atoms with Crippen LogP contribution in [0.25, 0.3) is 0 Å². The summed E-state index contributed by atoms with van der Waals surface area (Å²) in [5.41, 5.74) is 1.48. The van der Waals surface area contributed by atoms with E-state index >= 15 is 0 Å². The number of hydrogen-bond acceptors (Lipinski definition) is 2. The fraction of sp³-hybridized carbons (Fsp3) is 0.357. The van der Waals surface area contributed by atoms with Gasteiger partial charge in [-0.3, -0.25) is 4.68 Å². The average molecular weight is 265 g/mol. The van der Waals surface area contributed by atoms with E-state index in [9.17, 15) is 8.78 Å². The van der Waals surface area contributed by atoms with Crippen LogP contribution in [-0.2, 0) is 13.0 Å². The molecule has 19 heavy (non-hydrogen) atoms. The molecule has 1 unspecified atom stereocenters. The van der Waals surface area contributed by atoms with E-state index in [1.54, 1.807) is 13.2 Å². The van der Waals surface area contributed by atoms with Crippen molar-refractivity contribution in [2.75, 3.05) is 7.05 Å². The maximum absolute atomic E-state index is 13.8. The maximum atomic E-state index is 13.8. The summed E-state index contributed by atoms with van der Waals surface area (Å²) in [6, 6.07) is 3.47. The molecule has 0 saturated carbocycles. The molecular weight excluding hydrogens is 248 g/mol. The predicted octanol–water partition coefficient (Wildman–Crippen LogP) is 2.68. The number of nitrogens with one attached hydrogen (secondary N) is 1. The molecule has 0 aliphatic carbocycles. The summed E-state index contributed by atoms with van der Waals surface area (Å²) in [6.45, 7) is 2.81.